The molecule has 0 fully saturated rings. The summed E-state index contributed by atoms with van der Waals surface area (Å²) in [4.78, 5) is 0.847. The molecule has 0 nitrogen and oxygen atoms in total. The molecule has 1 aromatic carbocycles. The van der Waals surface area contributed by atoms with E-state index in [1.165, 1.54) is 0 Å². The van der Waals surface area contributed by atoms with Gasteiger partial charge in [-0.25, -0.2) is 0 Å². The minimum absolute atomic E-state index is 0.753. The Labute approximate surface area is 86.4 Å². The fourth-order valence-electron chi connectivity index (χ4n) is 1.49. The Morgan fingerprint density at radius 3 is 2.75 bits per heavy atom. The van der Waals surface area contributed by atoms with Gasteiger partial charge in [0.25, 0.3) is 0 Å². The van der Waals surface area contributed by atoms with Crippen LogP contribution >= 0.6 is 0 Å². The summed E-state index contributed by atoms with van der Waals surface area (Å²) in [6, 6.07) is 8.99. The fourth-order valence-corrected chi connectivity index (χ4v) is 9.36. The third kappa shape index (κ3) is 1.63. The topological polar surface area (TPSA) is 0 Å². The molecular weight excluding hydrogens is 278 g/mol. The quantitative estimate of drug-likeness (QED) is 0.636. The molecule has 0 amide bonds. The van der Waals surface area contributed by atoms with Crippen LogP contribution < -0.4 is 4.46 Å². The Morgan fingerprint density at radius 2 is 1.92 bits per heavy atom. The molecule has 1 aliphatic heterocycles. The van der Waals surface area contributed by atoms with E-state index in [2.05, 4.69) is 38.1 Å². The van der Waals surface area contributed by atoms with Crippen molar-refractivity contribution in [3.05, 3.63) is 29.8 Å². The molecule has 2 heteroatoms. The average Bonchev–Trinajstić information content (AvgIpc) is 2.04. The first-order chi connectivity index (χ1) is 5.77. The molecule has 1 aromatic rings. The average molecular weight is 290 g/mol. The van der Waals surface area contributed by atoms with E-state index in [0.717, 1.165) is 38.4 Å². The molecular formula is C10H12Se2. The van der Waals surface area contributed by atoms with Gasteiger partial charge in [0.2, 0.25) is 0 Å². The molecule has 0 radical (unpaired) electrons. The minimum atomic E-state index is 0.753. The molecule has 0 unspecified atom stereocenters. The second-order valence-corrected chi connectivity index (χ2v) is 11.0. The Hall–Kier alpha value is 0.259. The van der Waals surface area contributed by atoms with E-state index in [0.29, 0.717) is 0 Å². The van der Waals surface area contributed by atoms with Crippen LogP contribution in [0.1, 0.15) is 24.2 Å². The first kappa shape index (κ1) is 8.84. The molecule has 1 aliphatic rings. The summed E-state index contributed by atoms with van der Waals surface area (Å²) < 4.78 is 2.65. The zero-order chi connectivity index (χ0) is 8.55. The van der Waals surface area contributed by atoms with Crippen LogP contribution in [0, 0.1) is 0 Å². The van der Waals surface area contributed by atoms with Gasteiger partial charge in [0.15, 0.2) is 0 Å². The summed E-state index contributed by atoms with van der Waals surface area (Å²) in [7, 11) is 0. The van der Waals surface area contributed by atoms with E-state index >= 15 is 0 Å². The van der Waals surface area contributed by atoms with Crippen molar-refractivity contribution in [2.75, 3.05) is 0 Å². The van der Waals surface area contributed by atoms with E-state index in [4.69, 9.17) is 0 Å². The van der Waals surface area contributed by atoms with Gasteiger partial charge < -0.3 is 0 Å². The second-order valence-electron chi connectivity index (χ2n) is 3.00. The number of rotatable bonds is 0. The molecule has 64 valence electrons. The van der Waals surface area contributed by atoms with Crippen LogP contribution in [0.4, 0.5) is 0 Å². The number of fused-ring (bicyclic) bond motifs is 1. The van der Waals surface area contributed by atoms with Crippen molar-refractivity contribution < 1.29 is 0 Å². The molecule has 2 rings (SSSR count). The third-order valence-electron chi connectivity index (χ3n) is 2.05. The fraction of sp³-hybridized carbons (Fsp3) is 0.400. The van der Waals surface area contributed by atoms with E-state index in [9.17, 15) is 0 Å². The molecule has 1 heterocycles. The zero-order valence-corrected chi connectivity index (χ0v) is 10.7. The van der Waals surface area contributed by atoms with Gasteiger partial charge in [0.1, 0.15) is 0 Å². The number of hydrogen-bond acceptors (Lipinski definition) is 0. The van der Waals surface area contributed by atoms with Gasteiger partial charge in [0.05, 0.1) is 0 Å². The van der Waals surface area contributed by atoms with E-state index in [-0.39, 0.29) is 0 Å². The number of hydrogen-bond donors (Lipinski definition) is 0. The van der Waals surface area contributed by atoms with E-state index in [1.54, 1.807) is 10.0 Å². The monoisotopic (exact) mass is 292 g/mol. The van der Waals surface area contributed by atoms with Crippen LogP contribution in [0.25, 0.3) is 0 Å². The Morgan fingerprint density at radius 1 is 1.17 bits per heavy atom. The van der Waals surface area contributed by atoms with Gasteiger partial charge in [0, 0.05) is 0 Å². The van der Waals surface area contributed by atoms with Crippen molar-refractivity contribution >= 4 is 34.4 Å². The van der Waals surface area contributed by atoms with Gasteiger partial charge in [-0.15, -0.1) is 0 Å². The first-order valence-corrected chi connectivity index (χ1v) is 8.01. The van der Waals surface area contributed by atoms with Crippen LogP contribution in [0.2, 0.25) is 3.71 Å². The molecule has 0 aliphatic carbocycles. The van der Waals surface area contributed by atoms with Gasteiger partial charge in [-0.2, -0.15) is 0 Å². The summed E-state index contributed by atoms with van der Waals surface area (Å²) >= 11 is 1.59. The van der Waals surface area contributed by atoms with Crippen molar-refractivity contribution in [1.82, 2.24) is 0 Å². The van der Waals surface area contributed by atoms with Gasteiger partial charge in [-0.1, -0.05) is 0 Å². The molecule has 0 bridgehead atoms. The van der Waals surface area contributed by atoms with Crippen molar-refractivity contribution in [3.63, 3.8) is 0 Å². The Kier molecular flexibility index (Phi) is 2.62. The predicted octanol–water partition coefficient (Wildman–Crippen LogP) is 1.56. The maximum atomic E-state index is 2.41. The molecule has 0 spiro atoms. The van der Waals surface area contributed by atoms with Crippen molar-refractivity contribution in [2.45, 2.75) is 22.4 Å². The van der Waals surface area contributed by atoms with Crippen molar-refractivity contribution in [2.24, 2.45) is 0 Å². The molecule has 0 N–H and O–H groups in total. The molecule has 2 atom stereocenters. The predicted molar refractivity (Wildman–Crippen MR) is 55.4 cm³/mol. The van der Waals surface area contributed by atoms with E-state index < -0.39 is 0 Å². The van der Waals surface area contributed by atoms with Crippen molar-refractivity contribution in [1.29, 1.82) is 0 Å². The summed E-state index contributed by atoms with van der Waals surface area (Å²) in [5.74, 6) is 0. The molecule has 12 heavy (non-hydrogen) atoms. The standard InChI is InChI=1S/C10H12Se2/c1-7-9-5-3-4-6-10(9)12-8(2)11-7/h3-8H,1-2H3/t7-,8-/m0/s1. The third-order valence-corrected chi connectivity index (χ3v) is 8.51. The van der Waals surface area contributed by atoms with Crippen LogP contribution in [-0.4, -0.2) is 29.9 Å². The second kappa shape index (κ2) is 3.55. The summed E-state index contributed by atoms with van der Waals surface area (Å²) in [5, 5.41) is 0. The van der Waals surface area contributed by atoms with Gasteiger partial charge in [-0.05, 0) is 0 Å². The zero-order valence-electron chi connectivity index (χ0n) is 7.28. The maximum absolute atomic E-state index is 2.41. The van der Waals surface area contributed by atoms with Crippen LogP contribution in [0.3, 0.4) is 0 Å². The Bertz CT molecular complexity index is 283. The summed E-state index contributed by atoms with van der Waals surface area (Å²) in [6.07, 6.45) is 0. The van der Waals surface area contributed by atoms with Crippen LogP contribution in [0.15, 0.2) is 24.3 Å². The summed E-state index contributed by atoms with van der Waals surface area (Å²) in [5.41, 5.74) is 1.63. The van der Waals surface area contributed by atoms with Crippen molar-refractivity contribution in [3.8, 4) is 0 Å². The molecule has 0 saturated heterocycles. The summed E-state index contributed by atoms with van der Waals surface area (Å²) in [6.45, 7) is 4.79. The molecule has 0 saturated carbocycles. The van der Waals surface area contributed by atoms with Gasteiger partial charge in [-0.3, -0.25) is 0 Å². The van der Waals surface area contributed by atoms with Crippen LogP contribution in [-0.2, 0) is 0 Å². The van der Waals surface area contributed by atoms with Gasteiger partial charge >= 0.3 is 86.6 Å². The first-order valence-electron chi connectivity index (χ1n) is 4.18. The molecule has 0 aromatic heterocycles. The SMILES string of the molecule is C[C@@H]1[Se]c2ccccc2[C@H](C)[Se]1. The normalized spacial score (nSPS) is 28.2. The Balaban J connectivity index is 2.40. The van der Waals surface area contributed by atoms with E-state index in [1.807, 2.05) is 0 Å². The van der Waals surface area contributed by atoms with Crippen LogP contribution in [0.5, 0.6) is 0 Å². The number of benzene rings is 1.